The fraction of sp³-hybridized carbons (Fsp3) is 0.500. The first-order valence-electron chi connectivity index (χ1n) is 11.0. The molecule has 2 aromatic rings. The minimum atomic E-state index is -0.428. The van der Waals surface area contributed by atoms with Crippen LogP contribution in [-0.4, -0.2) is 86.0 Å². The van der Waals surface area contributed by atoms with E-state index in [1.165, 1.54) is 7.11 Å². The van der Waals surface area contributed by atoms with Gasteiger partial charge in [0.15, 0.2) is 0 Å². The summed E-state index contributed by atoms with van der Waals surface area (Å²) in [5, 5.41) is 11.8. The SMILES string of the molecule is COC(=O)CNc1nc(NCCOCCOCCNC(=O)c2ccccc2)nc(NC(C)C)n1. The zero-order chi connectivity index (χ0) is 24.6. The van der Waals surface area contributed by atoms with Gasteiger partial charge in [0.05, 0.1) is 33.5 Å². The van der Waals surface area contributed by atoms with Gasteiger partial charge in [-0.25, -0.2) is 0 Å². The third-order valence-corrected chi connectivity index (χ3v) is 4.14. The lowest BCUT2D eigenvalue weighted by Gasteiger charge is -2.12. The number of amides is 1. The number of benzene rings is 1. The van der Waals surface area contributed by atoms with E-state index in [0.29, 0.717) is 57.0 Å². The molecule has 0 bridgehead atoms. The predicted octanol–water partition coefficient (Wildman–Crippen LogP) is 1.15. The number of nitrogens with zero attached hydrogens (tertiary/aromatic N) is 3. The van der Waals surface area contributed by atoms with Crippen LogP contribution in [0.1, 0.15) is 24.2 Å². The third-order valence-electron chi connectivity index (χ3n) is 4.14. The molecule has 0 aliphatic carbocycles. The van der Waals surface area contributed by atoms with E-state index in [2.05, 4.69) is 41.0 Å². The van der Waals surface area contributed by atoms with Gasteiger partial charge >= 0.3 is 5.97 Å². The number of rotatable bonds is 16. The van der Waals surface area contributed by atoms with Crippen molar-refractivity contribution in [3.05, 3.63) is 35.9 Å². The second-order valence-corrected chi connectivity index (χ2v) is 7.31. The number of esters is 1. The standard InChI is InChI=1S/C22H33N7O5/c1-16(2)26-22-28-20(27-21(29-22)25-15-18(30)32-3)24-10-12-34-14-13-33-11-9-23-19(31)17-7-5-4-6-8-17/h4-8,16H,9-15H2,1-3H3,(H,23,31)(H3,24,25,26,27,28,29). The molecule has 0 aliphatic rings. The van der Waals surface area contributed by atoms with Gasteiger partial charge < -0.3 is 35.5 Å². The van der Waals surface area contributed by atoms with Gasteiger partial charge in [0.2, 0.25) is 17.8 Å². The zero-order valence-electron chi connectivity index (χ0n) is 19.8. The summed E-state index contributed by atoms with van der Waals surface area (Å²) in [7, 11) is 1.31. The summed E-state index contributed by atoms with van der Waals surface area (Å²) >= 11 is 0. The molecule has 2 rings (SSSR count). The van der Waals surface area contributed by atoms with E-state index in [-0.39, 0.29) is 24.4 Å². The van der Waals surface area contributed by atoms with E-state index in [1.54, 1.807) is 12.1 Å². The summed E-state index contributed by atoms with van der Waals surface area (Å²) in [6, 6.07) is 9.15. The molecule has 4 N–H and O–H groups in total. The van der Waals surface area contributed by atoms with Gasteiger partial charge in [0, 0.05) is 24.7 Å². The third kappa shape index (κ3) is 10.9. The van der Waals surface area contributed by atoms with Gasteiger partial charge in [0.1, 0.15) is 6.54 Å². The number of hydrogen-bond acceptors (Lipinski definition) is 11. The van der Waals surface area contributed by atoms with Gasteiger partial charge in [0.25, 0.3) is 5.91 Å². The molecule has 0 radical (unpaired) electrons. The molecular weight excluding hydrogens is 442 g/mol. The Morgan fingerprint density at radius 3 is 2.12 bits per heavy atom. The first-order valence-corrected chi connectivity index (χ1v) is 11.0. The normalized spacial score (nSPS) is 10.6. The predicted molar refractivity (Wildman–Crippen MR) is 128 cm³/mol. The van der Waals surface area contributed by atoms with E-state index >= 15 is 0 Å². The molecule has 0 aliphatic heterocycles. The van der Waals surface area contributed by atoms with Crippen LogP contribution in [-0.2, 0) is 19.0 Å². The smallest absolute Gasteiger partial charge is 0.325 e. The van der Waals surface area contributed by atoms with Crippen molar-refractivity contribution < 1.29 is 23.8 Å². The number of aromatic nitrogens is 3. The minimum absolute atomic E-state index is 0.0554. The van der Waals surface area contributed by atoms with E-state index in [9.17, 15) is 9.59 Å². The van der Waals surface area contributed by atoms with Crippen LogP contribution in [0, 0.1) is 0 Å². The van der Waals surface area contributed by atoms with Gasteiger partial charge in [-0.1, -0.05) is 18.2 Å². The van der Waals surface area contributed by atoms with Gasteiger partial charge in [-0.2, -0.15) is 15.0 Å². The van der Waals surface area contributed by atoms with Crippen LogP contribution in [0.3, 0.4) is 0 Å². The molecule has 0 unspecified atom stereocenters. The summed E-state index contributed by atoms with van der Waals surface area (Å²) in [6.07, 6.45) is 0. The minimum Gasteiger partial charge on any atom is -0.468 e. The van der Waals surface area contributed by atoms with Crippen LogP contribution in [0.15, 0.2) is 30.3 Å². The van der Waals surface area contributed by atoms with Crippen LogP contribution < -0.4 is 21.3 Å². The monoisotopic (exact) mass is 475 g/mol. The Bertz CT molecular complexity index is 883. The number of nitrogens with one attached hydrogen (secondary N) is 4. The highest BCUT2D eigenvalue weighted by atomic mass is 16.5. The molecule has 1 aromatic carbocycles. The fourth-order valence-corrected chi connectivity index (χ4v) is 2.57. The molecular formula is C22H33N7O5. The highest BCUT2D eigenvalue weighted by molar-refractivity contribution is 5.94. The molecule has 1 amide bonds. The maximum Gasteiger partial charge on any atom is 0.325 e. The number of carbonyl (C=O) groups is 2. The average Bonchev–Trinajstić information content (AvgIpc) is 2.83. The van der Waals surface area contributed by atoms with Crippen molar-refractivity contribution in [3.63, 3.8) is 0 Å². The van der Waals surface area contributed by atoms with Crippen molar-refractivity contribution in [2.75, 3.05) is 69.1 Å². The molecule has 0 spiro atoms. The topological polar surface area (TPSA) is 149 Å². The second-order valence-electron chi connectivity index (χ2n) is 7.31. The quantitative estimate of drug-likeness (QED) is 0.205. The number of ether oxygens (including phenoxy) is 3. The summed E-state index contributed by atoms with van der Waals surface area (Å²) in [5.41, 5.74) is 0.620. The molecule has 12 nitrogen and oxygen atoms in total. The number of carbonyl (C=O) groups excluding carboxylic acids is 2. The van der Waals surface area contributed by atoms with Crippen LogP contribution in [0.5, 0.6) is 0 Å². The Labute approximate surface area is 199 Å². The van der Waals surface area contributed by atoms with Crippen molar-refractivity contribution in [1.82, 2.24) is 20.3 Å². The Kier molecular flexibility index (Phi) is 12.1. The van der Waals surface area contributed by atoms with Crippen molar-refractivity contribution in [2.45, 2.75) is 19.9 Å². The molecule has 34 heavy (non-hydrogen) atoms. The van der Waals surface area contributed by atoms with E-state index in [4.69, 9.17) is 9.47 Å². The van der Waals surface area contributed by atoms with Crippen molar-refractivity contribution >= 4 is 29.7 Å². The summed E-state index contributed by atoms with van der Waals surface area (Å²) in [5.74, 6) is 0.426. The lowest BCUT2D eigenvalue weighted by atomic mass is 10.2. The number of anilines is 3. The summed E-state index contributed by atoms with van der Waals surface area (Å²) < 4.78 is 15.6. The molecule has 12 heteroatoms. The van der Waals surface area contributed by atoms with Crippen molar-refractivity contribution in [2.24, 2.45) is 0 Å². The fourth-order valence-electron chi connectivity index (χ4n) is 2.57. The Hall–Kier alpha value is -3.51. The van der Waals surface area contributed by atoms with Gasteiger partial charge in [-0.15, -0.1) is 0 Å². The molecule has 1 heterocycles. The van der Waals surface area contributed by atoms with Crippen LogP contribution in [0.25, 0.3) is 0 Å². The Morgan fingerprint density at radius 2 is 1.47 bits per heavy atom. The van der Waals surface area contributed by atoms with E-state index < -0.39 is 5.97 Å². The zero-order valence-corrected chi connectivity index (χ0v) is 19.8. The van der Waals surface area contributed by atoms with E-state index in [0.717, 1.165) is 0 Å². The van der Waals surface area contributed by atoms with Crippen LogP contribution >= 0.6 is 0 Å². The summed E-state index contributed by atoms with van der Waals surface area (Å²) in [6.45, 7) is 6.41. The van der Waals surface area contributed by atoms with Crippen molar-refractivity contribution in [1.29, 1.82) is 0 Å². The van der Waals surface area contributed by atoms with E-state index in [1.807, 2.05) is 32.0 Å². The Balaban J connectivity index is 1.61. The molecule has 0 fully saturated rings. The molecule has 0 saturated carbocycles. The van der Waals surface area contributed by atoms with Gasteiger partial charge in [-0.05, 0) is 26.0 Å². The second kappa shape index (κ2) is 15.3. The van der Waals surface area contributed by atoms with Crippen LogP contribution in [0.2, 0.25) is 0 Å². The van der Waals surface area contributed by atoms with Gasteiger partial charge in [-0.3, -0.25) is 9.59 Å². The maximum absolute atomic E-state index is 11.9. The maximum atomic E-state index is 11.9. The molecule has 0 saturated heterocycles. The lowest BCUT2D eigenvalue weighted by Crippen LogP contribution is -2.27. The molecule has 0 atom stereocenters. The Morgan fingerprint density at radius 1 is 0.853 bits per heavy atom. The molecule has 1 aromatic heterocycles. The molecule has 186 valence electrons. The highest BCUT2D eigenvalue weighted by Crippen LogP contribution is 2.10. The first-order chi connectivity index (χ1) is 16.5. The largest absolute Gasteiger partial charge is 0.468 e. The summed E-state index contributed by atoms with van der Waals surface area (Å²) in [4.78, 5) is 36.0. The number of methoxy groups -OCH3 is 1. The lowest BCUT2D eigenvalue weighted by molar-refractivity contribution is -0.138. The average molecular weight is 476 g/mol. The van der Waals surface area contributed by atoms with Crippen LogP contribution in [0.4, 0.5) is 17.8 Å². The number of hydrogen-bond donors (Lipinski definition) is 4. The first kappa shape index (κ1) is 26.7. The van der Waals surface area contributed by atoms with Crippen molar-refractivity contribution in [3.8, 4) is 0 Å². The highest BCUT2D eigenvalue weighted by Gasteiger charge is 2.09.